The van der Waals surface area contributed by atoms with Crippen LogP contribution in [-0.2, 0) is 11.3 Å². The van der Waals surface area contributed by atoms with Gasteiger partial charge in [0.2, 0.25) is 5.91 Å². The van der Waals surface area contributed by atoms with Crippen LogP contribution in [0.25, 0.3) is 0 Å². The molecule has 0 saturated carbocycles. The molecule has 1 N–H and O–H groups in total. The standard InChI is InChI=1S/C21H30N4O2/c1-3-15(2)19-20(26)22-18-9-5-4-8-16(18)12-25(19)21(27)24-13-17(14-24)23-10-6-7-11-23/h4-5,8-9,15,17,19H,3,6-7,10-14H2,1-2H3,(H,22,26). The van der Waals surface area contributed by atoms with Gasteiger partial charge in [-0.25, -0.2) is 4.79 Å². The van der Waals surface area contributed by atoms with Gasteiger partial charge in [0, 0.05) is 24.8 Å². The predicted molar refractivity (Wildman–Crippen MR) is 105 cm³/mol. The van der Waals surface area contributed by atoms with Crippen LogP contribution >= 0.6 is 0 Å². The Bertz CT molecular complexity index is 710. The van der Waals surface area contributed by atoms with E-state index in [2.05, 4.69) is 24.1 Å². The number of hydrogen-bond acceptors (Lipinski definition) is 3. The maximum absolute atomic E-state index is 13.3. The Balaban J connectivity index is 1.53. The minimum Gasteiger partial charge on any atom is -0.324 e. The number of para-hydroxylation sites is 1. The number of urea groups is 1. The van der Waals surface area contributed by atoms with Crippen molar-refractivity contribution >= 4 is 17.6 Å². The van der Waals surface area contributed by atoms with E-state index < -0.39 is 6.04 Å². The first-order valence-corrected chi connectivity index (χ1v) is 10.3. The highest BCUT2D eigenvalue weighted by Crippen LogP contribution is 2.30. The molecule has 0 aliphatic carbocycles. The Morgan fingerprint density at radius 3 is 2.63 bits per heavy atom. The van der Waals surface area contributed by atoms with Gasteiger partial charge >= 0.3 is 6.03 Å². The van der Waals surface area contributed by atoms with E-state index in [1.165, 1.54) is 12.8 Å². The molecule has 4 rings (SSSR count). The van der Waals surface area contributed by atoms with Crippen molar-refractivity contribution in [3.05, 3.63) is 29.8 Å². The molecule has 2 atom stereocenters. The Hall–Kier alpha value is -2.08. The zero-order valence-electron chi connectivity index (χ0n) is 16.4. The van der Waals surface area contributed by atoms with Crippen molar-refractivity contribution in [1.29, 1.82) is 0 Å². The highest BCUT2D eigenvalue weighted by Gasteiger charge is 2.42. The molecule has 0 spiro atoms. The van der Waals surface area contributed by atoms with Crippen LogP contribution in [-0.4, -0.2) is 64.9 Å². The summed E-state index contributed by atoms with van der Waals surface area (Å²) in [6.45, 7) is 8.49. The third-order valence-corrected chi connectivity index (χ3v) is 6.44. The Labute approximate surface area is 161 Å². The zero-order chi connectivity index (χ0) is 19.0. The average molecular weight is 370 g/mol. The van der Waals surface area contributed by atoms with Crippen molar-refractivity contribution in [2.24, 2.45) is 5.92 Å². The SMILES string of the molecule is CCC(C)C1C(=O)Nc2ccccc2CN1C(=O)N1CC(N2CCCC2)C1. The molecule has 6 nitrogen and oxygen atoms in total. The summed E-state index contributed by atoms with van der Waals surface area (Å²) in [6, 6.07) is 7.87. The van der Waals surface area contributed by atoms with Crippen LogP contribution in [0.3, 0.4) is 0 Å². The Kier molecular flexibility index (Phi) is 5.08. The molecule has 3 aliphatic heterocycles. The smallest absolute Gasteiger partial charge is 0.321 e. The van der Waals surface area contributed by atoms with E-state index in [4.69, 9.17) is 0 Å². The third kappa shape index (κ3) is 3.43. The summed E-state index contributed by atoms with van der Waals surface area (Å²) in [5, 5.41) is 3.04. The first-order valence-electron chi connectivity index (χ1n) is 10.3. The molecule has 0 radical (unpaired) electrons. The normalized spacial score (nSPS) is 24.8. The number of benzene rings is 1. The molecule has 3 heterocycles. The maximum Gasteiger partial charge on any atom is 0.321 e. The number of rotatable bonds is 3. The van der Waals surface area contributed by atoms with Gasteiger partial charge in [-0.2, -0.15) is 0 Å². The number of nitrogens with zero attached hydrogens (tertiary/aromatic N) is 3. The third-order valence-electron chi connectivity index (χ3n) is 6.44. The van der Waals surface area contributed by atoms with Gasteiger partial charge in [0.25, 0.3) is 0 Å². The molecule has 0 aromatic heterocycles. The lowest BCUT2D eigenvalue weighted by molar-refractivity contribution is -0.122. The molecule has 1 aromatic carbocycles. The molecule has 146 valence electrons. The molecular formula is C21H30N4O2. The largest absolute Gasteiger partial charge is 0.324 e. The van der Waals surface area contributed by atoms with Crippen LogP contribution < -0.4 is 5.32 Å². The number of amides is 3. The zero-order valence-corrected chi connectivity index (χ0v) is 16.4. The molecule has 2 fully saturated rings. The topological polar surface area (TPSA) is 55.9 Å². The minimum absolute atomic E-state index is 0.00241. The number of nitrogens with one attached hydrogen (secondary N) is 1. The van der Waals surface area contributed by atoms with Crippen molar-refractivity contribution < 1.29 is 9.59 Å². The molecule has 0 bridgehead atoms. The van der Waals surface area contributed by atoms with E-state index in [0.717, 1.165) is 43.9 Å². The number of carbonyl (C=O) groups is 2. The van der Waals surface area contributed by atoms with Crippen molar-refractivity contribution in [1.82, 2.24) is 14.7 Å². The highest BCUT2D eigenvalue weighted by molar-refractivity contribution is 5.99. The molecule has 1 aromatic rings. The highest BCUT2D eigenvalue weighted by atomic mass is 16.2. The van der Waals surface area contributed by atoms with Gasteiger partial charge in [0.05, 0.1) is 6.54 Å². The summed E-state index contributed by atoms with van der Waals surface area (Å²) in [5.74, 6) is 0.0400. The van der Waals surface area contributed by atoms with Crippen LogP contribution in [0, 0.1) is 5.92 Å². The van der Waals surface area contributed by atoms with Crippen LogP contribution in [0.5, 0.6) is 0 Å². The number of likely N-dealkylation sites (tertiary alicyclic amines) is 2. The Morgan fingerprint density at radius 2 is 1.93 bits per heavy atom. The van der Waals surface area contributed by atoms with Crippen molar-refractivity contribution in [3.63, 3.8) is 0 Å². The van der Waals surface area contributed by atoms with E-state index >= 15 is 0 Å². The quantitative estimate of drug-likeness (QED) is 0.890. The summed E-state index contributed by atoms with van der Waals surface area (Å²) in [4.78, 5) is 32.5. The van der Waals surface area contributed by atoms with Gasteiger partial charge < -0.3 is 15.1 Å². The van der Waals surface area contributed by atoms with Crippen molar-refractivity contribution in [3.8, 4) is 0 Å². The fraction of sp³-hybridized carbons (Fsp3) is 0.619. The van der Waals surface area contributed by atoms with E-state index in [1.807, 2.05) is 29.2 Å². The monoisotopic (exact) mass is 370 g/mol. The number of carbonyl (C=O) groups excluding carboxylic acids is 2. The summed E-state index contributed by atoms with van der Waals surface area (Å²) in [5.41, 5.74) is 1.83. The number of anilines is 1. The van der Waals surface area contributed by atoms with Gasteiger partial charge in [0.15, 0.2) is 0 Å². The van der Waals surface area contributed by atoms with Crippen LogP contribution in [0.15, 0.2) is 24.3 Å². The van der Waals surface area contributed by atoms with Crippen LogP contribution in [0.1, 0.15) is 38.7 Å². The number of hydrogen-bond donors (Lipinski definition) is 1. The first-order chi connectivity index (χ1) is 13.1. The molecule has 2 saturated heterocycles. The van der Waals surface area contributed by atoms with E-state index in [0.29, 0.717) is 12.6 Å². The van der Waals surface area contributed by atoms with Gasteiger partial charge in [-0.3, -0.25) is 9.69 Å². The maximum atomic E-state index is 13.3. The van der Waals surface area contributed by atoms with Gasteiger partial charge in [-0.1, -0.05) is 38.5 Å². The number of fused-ring (bicyclic) bond motifs is 1. The van der Waals surface area contributed by atoms with Crippen LogP contribution in [0.2, 0.25) is 0 Å². The van der Waals surface area contributed by atoms with Crippen molar-refractivity contribution in [2.75, 3.05) is 31.5 Å². The molecular weight excluding hydrogens is 340 g/mol. The Morgan fingerprint density at radius 1 is 1.22 bits per heavy atom. The first kappa shape index (κ1) is 18.3. The molecule has 6 heteroatoms. The van der Waals surface area contributed by atoms with Gasteiger partial charge in [0.1, 0.15) is 6.04 Å². The molecule has 2 unspecified atom stereocenters. The fourth-order valence-corrected chi connectivity index (χ4v) is 4.52. The summed E-state index contributed by atoms with van der Waals surface area (Å²) >= 11 is 0. The van der Waals surface area contributed by atoms with E-state index in [-0.39, 0.29) is 17.9 Å². The minimum atomic E-state index is -0.430. The lowest BCUT2D eigenvalue weighted by Gasteiger charge is -2.47. The summed E-state index contributed by atoms with van der Waals surface area (Å²) < 4.78 is 0. The summed E-state index contributed by atoms with van der Waals surface area (Å²) in [6.07, 6.45) is 3.39. The second-order valence-corrected chi connectivity index (χ2v) is 8.19. The summed E-state index contributed by atoms with van der Waals surface area (Å²) in [7, 11) is 0. The lowest BCUT2D eigenvalue weighted by Crippen LogP contribution is -2.64. The predicted octanol–water partition coefficient (Wildman–Crippen LogP) is 2.76. The van der Waals surface area contributed by atoms with Gasteiger partial charge in [-0.05, 0) is 43.5 Å². The second kappa shape index (κ2) is 7.50. The van der Waals surface area contributed by atoms with E-state index in [9.17, 15) is 9.59 Å². The fourth-order valence-electron chi connectivity index (χ4n) is 4.52. The molecule has 3 aliphatic rings. The molecule has 27 heavy (non-hydrogen) atoms. The second-order valence-electron chi connectivity index (χ2n) is 8.19. The van der Waals surface area contributed by atoms with E-state index in [1.54, 1.807) is 4.90 Å². The van der Waals surface area contributed by atoms with Crippen LogP contribution in [0.4, 0.5) is 10.5 Å². The van der Waals surface area contributed by atoms with Gasteiger partial charge in [-0.15, -0.1) is 0 Å². The molecule has 3 amide bonds. The average Bonchev–Trinajstić information content (AvgIpc) is 3.09. The lowest BCUT2D eigenvalue weighted by atomic mass is 9.96. The van der Waals surface area contributed by atoms with Crippen molar-refractivity contribution in [2.45, 2.75) is 51.7 Å².